The van der Waals surface area contributed by atoms with Crippen molar-refractivity contribution >= 4 is 15.9 Å². The van der Waals surface area contributed by atoms with Crippen LogP contribution in [0.3, 0.4) is 0 Å². The summed E-state index contributed by atoms with van der Waals surface area (Å²) in [5.41, 5.74) is -0.0469. The fourth-order valence-corrected chi connectivity index (χ4v) is 1.45. The van der Waals surface area contributed by atoms with Crippen molar-refractivity contribution in [3.63, 3.8) is 0 Å². The largest absolute Gasteiger partial charge is 0.496 e. The second kappa shape index (κ2) is 3.85. The molecule has 0 spiro atoms. The summed E-state index contributed by atoms with van der Waals surface area (Å²) in [6, 6.07) is 4.51. The minimum atomic E-state index is -2.48. The predicted molar refractivity (Wildman–Crippen MR) is 45.7 cm³/mol. The number of methoxy groups -OCH3 is 1. The average molecular weight is 237 g/mol. The first-order valence-corrected chi connectivity index (χ1v) is 4.06. The van der Waals surface area contributed by atoms with Crippen molar-refractivity contribution in [2.24, 2.45) is 0 Å². The molecule has 0 amide bonds. The molecule has 0 radical (unpaired) electrons. The lowest BCUT2D eigenvalue weighted by molar-refractivity contribution is 0.150. The molecular weight excluding hydrogens is 230 g/mol. The Balaban J connectivity index is 3.14. The van der Waals surface area contributed by atoms with Crippen LogP contribution in [0, 0.1) is 0 Å². The number of alkyl halides is 2. The van der Waals surface area contributed by atoms with E-state index in [0.717, 1.165) is 0 Å². The molecule has 0 fully saturated rings. The number of hydrogen-bond acceptors (Lipinski definition) is 1. The number of halogens is 3. The topological polar surface area (TPSA) is 9.23 Å². The molecule has 1 aromatic carbocycles. The van der Waals surface area contributed by atoms with Gasteiger partial charge >= 0.3 is 0 Å². The Morgan fingerprint density at radius 3 is 2.58 bits per heavy atom. The zero-order chi connectivity index (χ0) is 9.14. The van der Waals surface area contributed by atoms with Crippen molar-refractivity contribution in [3.8, 4) is 5.75 Å². The van der Waals surface area contributed by atoms with Gasteiger partial charge in [0.25, 0.3) is 6.43 Å². The summed E-state index contributed by atoms with van der Waals surface area (Å²) in [6.45, 7) is 0. The fourth-order valence-electron chi connectivity index (χ4n) is 0.854. The Bertz CT molecular complexity index is 276. The minimum absolute atomic E-state index is 0.0469. The molecular formula is C8H7BrF2O. The van der Waals surface area contributed by atoms with E-state index in [1.54, 1.807) is 6.07 Å². The number of rotatable bonds is 2. The highest BCUT2D eigenvalue weighted by molar-refractivity contribution is 9.10. The Kier molecular flexibility index (Phi) is 3.03. The number of benzene rings is 1. The fraction of sp³-hybridized carbons (Fsp3) is 0.250. The molecule has 4 heteroatoms. The molecule has 0 unspecified atom stereocenters. The van der Waals surface area contributed by atoms with Gasteiger partial charge in [0.2, 0.25) is 0 Å². The van der Waals surface area contributed by atoms with Crippen LogP contribution in [0.2, 0.25) is 0 Å². The number of ether oxygens (including phenoxy) is 1. The molecule has 1 rings (SSSR count). The Hall–Kier alpha value is -0.640. The van der Waals surface area contributed by atoms with E-state index in [2.05, 4.69) is 15.9 Å². The van der Waals surface area contributed by atoms with Crippen LogP contribution in [-0.4, -0.2) is 7.11 Å². The first kappa shape index (κ1) is 9.45. The number of hydrogen-bond donors (Lipinski definition) is 0. The zero-order valence-electron chi connectivity index (χ0n) is 6.35. The summed E-state index contributed by atoms with van der Waals surface area (Å²) in [5.74, 6) is 0.424. The van der Waals surface area contributed by atoms with E-state index >= 15 is 0 Å². The van der Waals surface area contributed by atoms with Crippen LogP contribution < -0.4 is 4.74 Å². The SMILES string of the molecule is COc1cccc(C(F)F)c1Br. The summed E-state index contributed by atoms with van der Waals surface area (Å²) in [5, 5.41) is 0. The Morgan fingerprint density at radius 2 is 2.08 bits per heavy atom. The Morgan fingerprint density at radius 1 is 1.42 bits per heavy atom. The lowest BCUT2D eigenvalue weighted by atomic mass is 10.2. The smallest absolute Gasteiger partial charge is 0.265 e. The van der Waals surface area contributed by atoms with Gasteiger partial charge in [0, 0.05) is 5.56 Å². The van der Waals surface area contributed by atoms with Gasteiger partial charge < -0.3 is 4.74 Å². The quantitative estimate of drug-likeness (QED) is 0.765. The van der Waals surface area contributed by atoms with E-state index in [1.807, 2.05) is 0 Å². The van der Waals surface area contributed by atoms with Crippen molar-refractivity contribution in [2.45, 2.75) is 6.43 Å². The summed E-state index contributed by atoms with van der Waals surface area (Å²) in [4.78, 5) is 0. The van der Waals surface area contributed by atoms with Gasteiger partial charge in [-0.1, -0.05) is 12.1 Å². The summed E-state index contributed by atoms with van der Waals surface area (Å²) < 4.78 is 29.7. The van der Waals surface area contributed by atoms with Crippen LogP contribution in [0.5, 0.6) is 5.75 Å². The van der Waals surface area contributed by atoms with Gasteiger partial charge in [0.05, 0.1) is 11.6 Å². The lowest BCUT2D eigenvalue weighted by Crippen LogP contribution is -1.90. The van der Waals surface area contributed by atoms with Crippen LogP contribution in [0.4, 0.5) is 8.78 Å². The highest BCUT2D eigenvalue weighted by Crippen LogP contribution is 2.33. The summed E-state index contributed by atoms with van der Waals surface area (Å²) in [7, 11) is 1.44. The van der Waals surface area contributed by atoms with E-state index in [0.29, 0.717) is 10.2 Å². The maximum Gasteiger partial charge on any atom is 0.265 e. The third kappa shape index (κ3) is 1.75. The molecule has 0 saturated heterocycles. The zero-order valence-corrected chi connectivity index (χ0v) is 7.94. The maximum atomic E-state index is 12.3. The highest BCUT2D eigenvalue weighted by Gasteiger charge is 2.13. The van der Waals surface area contributed by atoms with Crippen LogP contribution in [0.25, 0.3) is 0 Å². The van der Waals surface area contributed by atoms with Crippen LogP contribution in [0.1, 0.15) is 12.0 Å². The maximum absolute atomic E-state index is 12.3. The van der Waals surface area contributed by atoms with Crippen molar-refractivity contribution in [2.75, 3.05) is 7.11 Å². The Labute approximate surface area is 77.5 Å². The van der Waals surface area contributed by atoms with Gasteiger partial charge in [-0.3, -0.25) is 0 Å². The van der Waals surface area contributed by atoms with E-state index in [4.69, 9.17) is 4.74 Å². The minimum Gasteiger partial charge on any atom is -0.496 e. The molecule has 1 aromatic rings. The molecule has 0 heterocycles. The van der Waals surface area contributed by atoms with Gasteiger partial charge in [-0.15, -0.1) is 0 Å². The monoisotopic (exact) mass is 236 g/mol. The first-order chi connectivity index (χ1) is 5.66. The molecule has 0 aliphatic rings. The van der Waals surface area contributed by atoms with Gasteiger partial charge in [-0.05, 0) is 22.0 Å². The molecule has 0 saturated carbocycles. The molecule has 0 aromatic heterocycles. The molecule has 66 valence electrons. The van der Waals surface area contributed by atoms with Gasteiger partial charge in [0.15, 0.2) is 0 Å². The van der Waals surface area contributed by atoms with Crippen molar-refractivity contribution < 1.29 is 13.5 Å². The van der Waals surface area contributed by atoms with E-state index < -0.39 is 6.43 Å². The molecule has 0 N–H and O–H groups in total. The standard InChI is InChI=1S/C8H7BrF2O/c1-12-6-4-2-3-5(7(6)9)8(10)11/h2-4,8H,1H3. The third-order valence-electron chi connectivity index (χ3n) is 1.45. The molecule has 1 nitrogen and oxygen atoms in total. The average Bonchev–Trinajstić information content (AvgIpc) is 2.04. The second-order valence-corrected chi connectivity index (χ2v) is 2.96. The van der Waals surface area contributed by atoms with Crippen molar-refractivity contribution in [1.82, 2.24) is 0 Å². The molecule has 0 bridgehead atoms. The molecule has 0 aliphatic heterocycles. The molecule has 0 aliphatic carbocycles. The van der Waals surface area contributed by atoms with E-state index in [9.17, 15) is 8.78 Å². The van der Waals surface area contributed by atoms with Crippen LogP contribution >= 0.6 is 15.9 Å². The van der Waals surface area contributed by atoms with Crippen LogP contribution in [0.15, 0.2) is 22.7 Å². The summed E-state index contributed by atoms with van der Waals surface area (Å²) in [6.07, 6.45) is -2.48. The molecule has 0 atom stereocenters. The van der Waals surface area contributed by atoms with E-state index in [1.165, 1.54) is 19.2 Å². The van der Waals surface area contributed by atoms with Gasteiger partial charge in [0.1, 0.15) is 5.75 Å². The predicted octanol–water partition coefficient (Wildman–Crippen LogP) is 3.40. The van der Waals surface area contributed by atoms with Crippen molar-refractivity contribution in [1.29, 1.82) is 0 Å². The van der Waals surface area contributed by atoms with Gasteiger partial charge in [-0.25, -0.2) is 8.78 Å². The highest BCUT2D eigenvalue weighted by atomic mass is 79.9. The summed E-state index contributed by atoms with van der Waals surface area (Å²) >= 11 is 3.04. The van der Waals surface area contributed by atoms with Crippen LogP contribution in [-0.2, 0) is 0 Å². The third-order valence-corrected chi connectivity index (χ3v) is 2.30. The molecule has 12 heavy (non-hydrogen) atoms. The second-order valence-electron chi connectivity index (χ2n) is 2.16. The first-order valence-electron chi connectivity index (χ1n) is 3.27. The van der Waals surface area contributed by atoms with Gasteiger partial charge in [-0.2, -0.15) is 0 Å². The lowest BCUT2D eigenvalue weighted by Gasteiger charge is -2.07. The normalized spacial score (nSPS) is 10.4. The van der Waals surface area contributed by atoms with Crippen molar-refractivity contribution in [3.05, 3.63) is 28.2 Å². The van der Waals surface area contributed by atoms with E-state index in [-0.39, 0.29) is 5.56 Å².